The second-order valence-corrected chi connectivity index (χ2v) is 3.87. The van der Waals surface area contributed by atoms with Crippen LogP contribution in [0.3, 0.4) is 0 Å². The lowest BCUT2D eigenvalue weighted by Gasteiger charge is -1.76. The van der Waals surface area contributed by atoms with Gasteiger partial charge in [0.15, 0.2) is 0 Å². The van der Waals surface area contributed by atoms with E-state index in [2.05, 4.69) is 39.0 Å². The van der Waals surface area contributed by atoms with Crippen LogP contribution < -0.4 is 9.75 Å². The van der Waals surface area contributed by atoms with Crippen molar-refractivity contribution in [3.8, 4) is 0 Å². The smallest absolute Gasteiger partial charge is 0.0299 e. The number of aryl methyl sites for hydroxylation is 1. The molecule has 0 unspecified atom stereocenters. The summed E-state index contributed by atoms with van der Waals surface area (Å²) in [6.07, 6.45) is 5.58. The number of hydrogen-bond donors (Lipinski definition) is 0. The van der Waals surface area contributed by atoms with Crippen LogP contribution in [0.25, 0.3) is 12.2 Å². The van der Waals surface area contributed by atoms with Crippen molar-refractivity contribution in [2.24, 2.45) is 0 Å². The predicted octanol–water partition coefficient (Wildman–Crippen LogP) is 2.05. The third-order valence-electron chi connectivity index (χ3n) is 1.60. The van der Waals surface area contributed by atoms with Crippen LogP contribution in [-0.2, 0) is 0 Å². The van der Waals surface area contributed by atoms with Crippen molar-refractivity contribution in [1.82, 2.24) is 0 Å². The third-order valence-corrected chi connectivity index (χ3v) is 2.73. The first kappa shape index (κ1) is 8.54. The molecular formula is C10H14S. The zero-order chi connectivity index (χ0) is 8.27. The lowest BCUT2D eigenvalue weighted by Crippen LogP contribution is -2.16. The topological polar surface area (TPSA) is 0 Å². The molecule has 0 aliphatic rings. The number of rotatable bonds is 1. The van der Waals surface area contributed by atoms with Gasteiger partial charge in [0, 0.05) is 9.41 Å². The molecule has 0 aromatic carbocycles. The molecular weight excluding hydrogens is 152 g/mol. The fraction of sp³-hybridized carbons (Fsp3) is 0.400. The van der Waals surface area contributed by atoms with Crippen molar-refractivity contribution >= 4 is 23.5 Å². The van der Waals surface area contributed by atoms with E-state index < -0.39 is 0 Å². The average molecular weight is 166 g/mol. The summed E-state index contributed by atoms with van der Waals surface area (Å²) in [6.45, 7) is 6.43. The lowest BCUT2D eigenvalue weighted by molar-refractivity contribution is 1.29. The Balaban J connectivity index is 3.36. The van der Waals surface area contributed by atoms with Gasteiger partial charge in [-0.15, -0.1) is 11.3 Å². The quantitative estimate of drug-likeness (QED) is 0.599. The van der Waals surface area contributed by atoms with E-state index in [1.807, 2.05) is 11.3 Å². The van der Waals surface area contributed by atoms with Crippen LogP contribution in [0.4, 0.5) is 0 Å². The first-order valence-corrected chi connectivity index (χ1v) is 4.82. The van der Waals surface area contributed by atoms with Gasteiger partial charge in [-0.05, 0) is 31.6 Å². The summed E-state index contributed by atoms with van der Waals surface area (Å²) >= 11 is 1.87. The molecule has 60 valence electrons. The third kappa shape index (κ3) is 1.93. The van der Waals surface area contributed by atoms with Crippen LogP contribution in [0.15, 0.2) is 6.07 Å². The van der Waals surface area contributed by atoms with Gasteiger partial charge in [-0.2, -0.15) is 0 Å². The van der Waals surface area contributed by atoms with E-state index >= 15 is 0 Å². The minimum atomic E-state index is 1.12. The molecule has 1 heterocycles. The first-order valence-electron chi connectivity index (χ1n) is 4.01. The van der Waals surface area contributed by atoms with E-state index in [1.54, 1.807) is 0 Å². The van der Waals surface area contributed by atoms with Gasteiger partial charge in [0.1, 0.15) is 0 Å². The fourth-order valence-electron chi connectivity index (χ4n) is 1.16. The zero-order valence-corrected chi connectivity index (χ0v) is 8.16. The van der Waals surface area contributed by atoms with Gasteiger partial charge in [-0.25, -0.2) is 0 Å². The number of thiophene rings is 1. The van der Waals surface area contributed by atoms with Crippen molar-refractivity contribution in [3.05, 3.63) is 20.7 Å². The summed E-state index contributed by atoms with van der Waals surface area (Å²) in [4.78, 5) is 1.40. The molecule has 0 atom stereocenters. The summed E-state index contributed by atoms with van der Waals surface area (Å²) in [5.41, 5.74) is 0. The standard InChI is InChI=1S/C10H14S/c1-4-6-9-7-8(3)11-10(9)5-2/h5-7H,4H2,1-3H3/b9-6-,10-5+. The molecule has 0 aliphatic heterocycles. The highest BCUT2D eigenvalue weighted by molar-refractivity contribution is 7.09. The van der Waals surface area contributed by atoms with E-state index in [1.165, 1.54) is 14.6 Å². The fourth-order valence-corrected chi connectivity index (χ4v) is 2.07. The van der Waals surface area contributed by atoms with Crippen LogP contribution in [0.5, 0.6) is 0 Å². The van der Waals surface area contributed by atoms with Gasteiger partial charge in [-0.3, -0.25) is 0 Å². The van der Waals surface area contributed by atoms with Crippen LogP contribution in [0.1, 0.15) is 25.1 Å². The Morgan fingerprint density at radius 3 is 2.82 bits per heavy atom. The zero-order valence-electron chi connectivity index (χ0n) is 7.35. The van der Waals surface area contributed by atoms with Crippen molar-refractivity contribution in [3.63, 3.8) is 0 Å². The minimum Gasteiger partial charge on any atom is -0.141 e. The Morgan fingerprint density at radius 1 is 1.55 bits per heavy atom. The molecule has 1 aromatic rings. The Bertz CT molecular complexity index is 330. The molecule has 0 N–H and O–H groups in total. The molecule has 1 rings (SSSR count). The highest BCUT2D eigenvalue weighted by Gasteiger charge is 1.89. The maximum absolute atomic E-state index is 2.28. The molecule has 0 amide bonds. The second-order valence-electron chi connectivity index (χ2n) is 2.58. The van der Waals surface area contributed by atoms with Gasteiger partial charge in [0.2, 0.25) is 0 Å². The molecule has 11 heavy (non-hydrogen) atoms. The van der Waals surface area contributed by atoms with Crippen molar-refractivity contribution in [2.45, 2.75) is 27.2 Å². The van der Waals surface area contributed by atoms with E-state index in [0.29, 0.717) is 0 Å². The van der Waals surface area contributed by atoms with Crippen LogP contribution in [0.2, 0.25) is 0 Å². The second kappa shape index (κ2) is 3.72. The molecule has 0 fully saturated rings. The SMILES string of the molecule is C/C=c1/sc(C)c/c1=C/CC. The normalized spacial score (nSPS) is 14.5. The maximum Gasteiger partial charge on any atom is 0.0299 e. The van der Waals surface area contributed by atoms with E-state index in [9.17, 15) is 0 Å². The van der Waals surface area contributed by atoms with Crippen LogP contribution in [-0.4, -0.2) is 0 Å². The van der Waals surface area contributed by atoms with Gasteiger partial charge in [-0.1, -0.05) is 19.1 Å². The Labute approximate surface area is 71.9 Å². The molecule has 0 radical (unpaired) electrons. The molecule has 0 aliphatic carbocycles. The van der Waals surface area contributed by atoms with Crippen LogP contribution >= 0.6 is 11.3 Å². The first-order chi connectivity index (χ1) is 5.27. The van der Waals surface area contributed by atoms with Gasteiger partial charge >= 0.3 is 0 Å². The minimum absolute atomic E-state index is 1.12. The number of hydrogen-bond acceptors (Lipinski definition) is 1. The lowest BCUT2D eigenvalue weighted by atomic mass is 10.3. The molecule has 1 aromatic heterocycles. The Kier molecular flexibility index (Phi) is 2.89. The molecule has 0 saturated carbocycles. The van der Waals surface area contributed by atoms with Crippen molar-refractivity contribution in [1.29, 1.82) is 0 Å². The summed E-state index contributed by atoms with van der Waals surface area (Å²) < 4.78 is 1.41. The van der Waals surface area contributed by atoms with Crippen molar-refractivity contribution < 1.29 is 0 Å². The summed E-state index contributed by atoms with van der Waals surface area (Å²) in [7, 11) is 0. The largest absolute Gasteiger partial charge is 0.141 e. The average Bonchev–Trinajstić information content (AvgIpc) is 2.32. The predicted molar refractivity (Wildman–Crippen MR) is 53.2 cm³/mol. The van der Waals surface area contributed by atoms with E-state index in [4.69, 9.17) is 0 Å². The highest BCUT2D eigenvalue weighted by Crippen LogP contribution is 1.95. The van der Waals surface area contributed by atoms with Gasteiger partial charge < -0.3 is 0 Å². The molecule has 0 nitrogen and oxygen atoms in total. The summed E-state index contributed by atoms with van der Waals surface area (Å²) in [6, 6.07) is 2.25. The summed E-state index contributed by atoms with van der Waals surface area (Å²) in [5.74, 6) is 0. The Morgan fingerprint density at radius 2 is 2.27 bits per heavy atom. The monoisotopic (exact) mass is 166 g/mol. The highest BCUT2D eigenvalue weighted by atomic mass is 32.1. The maximum atomic E-state index is 2.28. The summed E-state index contributed by atoms with van der Waals surface area (Å²) in [5, 5.41) is 1.40. The van der Waals surface area contributed by atoms with Gasteiger partial charge in [0.25, 0.3) is 0 Å². The van der Waals surface area contributed by atoms with Crippen molar-refractivity contribution in [2.75, 3.05) is 0 Å². The molecule has 0 saturated heterocycles. The van der Waals surface area contributed by atoms with Gasteiger partial charge in [0.05, 0.1) is 0 Å². The molecule has 0 spiro atoms. The molecule has 0 bridgehead atoms. The van der Waals surface area contributed by atoms with Crippen LogP contribution in [0, 0.1) is 6.92 Å². The molecule has 1 heteroatoms. The van der Waals surface area contributed by atoms with E-state index in [-0.39, 0.29) is 0 Å². The van der Waals surface area contributed by atoms with E-state index in [0.717, 1.165) is 6.42 Å². The Hall–Kier alpha value is -0.560.